The molecule has 0 spiro atoms. The Morgan fingerprint density at radius 3 is 3.07 bits per heavy atom. The number of aryl methyl sites for hydroxylation is 1. The molecule has 0 saturated heterocycles. The van der Waals surface area contributed by atoms with Crippen molar-refractivity contribution < 1.29 is 13.7 Å². The molecule has 28 heavy (non-hydrogen) atoms. The van der Waals surface area contributed by atoms with Crippen LogP contribution in [0.1, 0.15) is 18.1 Å². The molecule has 4 heterocycles. The fraction of sp³-hybridized carbons (Fsp3) is 0.200. The van der Waals surface area contributed by atoms with Gasteiger partial charge in [0.2, 0.25) is 22.8 Å². The summed E-state index contributed by atoms with van der Waals surface area (Å²) in [7, 11) is 0. The van der Waals surface area contributed by atoms with E-state index in [1.807, 2.05) is 6.07 Å². The van der Waals surface area contributed by atoms with Crippen LogP contribution in [0.25, 0.3) is 11.5 Å². The van der Waals surface area contributed by atoms with E-state index in [1.54, 1.807) is 24.0 Å². The minimum absolute atomic E-state index is 0.195. The Morgan fingerprint density at radius 2 is 2.25 bits per heavy atom. The van der Waals surface area contributed by atoms with Crippen molar-refractivity contribution in [2.24, 2.45) is 0 Å². The van der Waals surface area contributed by atoms with Crippen molar-refractivity contribution in [3.8, 4) is 11.5 Å². The number of aromatic nitrogens is 7. The van der Waals surface area contributed by atoms with E-state index in [0.29, 0.717) is 40.1 Å². The first-order valence-electron chi connectivity index (χ1n) is 8.00. The van der Waals surface area contributed by atoms with Crippen molar-refractivity contribution in [2.75, 3.05) is 5.32 Å². The van der Waals surface area contributed by atoms with Gasteiger partial charge in [0, 0.05) is 25.2 Å². The Labute approximate surface area is 166 Å². The quantitative estimate of drug-likeness (QED) is 0.422. The summed E-state index contributed by atoms with van der Waals surface area (Å²) in [6.07, 6.45) is 3.85. The summed E-state index contributed by atoms with van der Waals surface area (Å²) >= 11 is 2.54. The topological polar surface area (TPSA) is 146 Å². The zero-order chi connectivity index (χ0) is 19.2. The standard InChI is InChI=1S/C15H12N8O3S2/c24-11(19-14-21-17-8-28-14)3-4-12-18-10(23-26-12)7-27-15-22-20-13(25-15)9-2-1-5-16-6-9/h1-2,5-6,8H,3-4,7H2,(H,19,21,24). The molecule has 0 atom stereocenters. The van der Waals surface area contributed by atoms with Crippen LogP contribution in [0.4, 0.5) is 5.13 Å². The van der Waals surface area contributed by atoms with Gasteiger partial charge in [0.25, 0.3) is 5.22 Å². The summed E-state index contributed by atoms with van der Waals surface area (Å²) in [6.45, 7) is 0. The number of carbonyl (C=O) groups excluding carboxylic acids is 1. The van der Waals surface area contributed by atoms with Crippen LogP contribution in [0.15, 0.2) is 44.2 Å². The maximum absolute atomic E-state index is 11.8. The van der Waals surface area contributed by atoms with E-state index in [2.05, 4.69) is 40.8 Å². The second-order valence-electron chi connectivity index (χ2n) is 5.30. The lowest BCUT2D eigenvalue weighted by atomic mass is 10.3. The van der Waals surface area contributed by atoms with Gasteiger partial charge >= 0.3 is 0 Å². The number of pyridine rings is 1. The molecule has 0 aliphatic heterocycles. The molecule has 0 radical (unpaired) electrons. The first kappa shape index (κ1) is 18.2. The Bertz CT molecular complexity index is 1030. The van der Waals surface area contributed by atoms with Crippen LogP contribution in [0.3, 0.4) is 0 Å². The molecule has 0 aliphatic rings. The van der Waals surface area contributed by atoms with Crippen LogP contribution >= 0.6 is 23.1 Å². The third-order valence-corrected chi connectivity index (χ3v) is 4.74. The van der Waals surface area contributed by atoms with Crippen molar-refractivity contribution in [1.29, 1.82) is 0 Å². The number of hydrogen-bond acceptors (Lipinski definition) is 12. The van der Waals surface area contributed by atoms with E-state index in [1.165, 1.54) is 23.1 Å². The van der Waals surface area contributed by atoms with Crippen molar-refractivity contribution in [3.05, 3.63) is 41.8 Å². The van der Waals surface area contributed by atoms with Crippen LogP contribution in [-0.4, -0.2) is 41.4 Å². The van der Waals surface area contributed by atoms with Gasteiger partial charge in [-0.05, 0) is 12.1 Å². The third kappa shape index (κ3) is 4.75. The minimum atomic E-state index is -0.195. The van der Waals surface area contributed by atoms with E-state index in [0.717, 1.165) is 5.56 Å². The van der Waals surface area contributed by atoms with Crippen molar-refractivity contribution >= 4 is 34.1 Å². The highest BCUT2D eigenvalue weighted by Gasteiger charge is 2.13. The van der Waals surface area contributed by atoms with Crippen LogP contribution in [0.2, 0.25) is 0 Å². The molecule has 4 aromatic rings. The number of hydrogen-bond donors (Lipinski definition) is 1. The lowest BCUT2D eigenvalue weighted by molar-refractivity contribution is -0.116. The predicted octanol–water partition coefficient (Wildman–Crippen LogP) is 2.23. The van der Waals surface area contributed by atoms with E-state index in [9.17, 15) is 4.79 Å². The normalized spacial score (nSPS) is 10.9. The Hall–Kier alpha value is -3.19. The molecule has 4 rings (SSSR count). The summed E-state index contributed by atoms with van der Waals surface area (Å²) in [5.41, 5.74) is 2.29. The van der Waals surface area contributed by atoms with Gasteiger partial charge in [0.05, 0.1) is 11.3 Å². The molecule has 142 valence electrons. The molecule has 0 saturated carbocycles. The van der Waals surface area contributed by atoms with Crippen molar-refractivity contribution in [2.45, 2.75) is 23.8 Å². The highest BCUT2D eigenvalue weighted by molar-refractivity contribution is 7.98. The molecule has 13 heteroatoms. The minimum Gasteiger partial charge on any atom is -0.411 e. The van der Waals surface area contributed by atoms with E-state index in [-0.39, 0.29) is 12.3 Å². The monoisotopic (exact) mass is 416 g/mol. The van der Waals surface area contributed by atoms with Crippen LogP contribution in [-0.2, 0) is 17.0 Å². The lowest BCUT2D eigenvalue weighted by Crippen LogP contribution is -2.12. The van der Waals surface area contributed by atoms with Crippen molar-refractivity contribution in [3.63, 3.8) is 0 Å². The fourth-order valence-electron chi connectivity index (χ4n) is 2.08. The molecule has 1 amide bonds. The smallest absolute Gasteiger partial charge is 0.277 e. The Balaban J connectivity index is 1.26. The molecule has 0 unspecified atom stereocenters. The van der Waals surface area contributed by atoms with E-state index in [4.69, 9.17) is 8.94 Å². The SMILES string of the molecule is O=C(CCc1nc(CSc2nnc(-c3cccnc3)o2)no1)Nc1nncs1. The summed E-state index contributed by atoms with van der Waals surface area (Å²) in [6, 6.07) is 3.63. The molecule has 11 nitrogen and oxygen atoms in total. The summed E-state index contributed by atoms with van der Waals surface area (Å²) in [5, 5.41) is 22.7. The fourth-order valence-corrected chi connectivity index (χ4v) is 3.15. The highest BCUT2D eigenvalue weighted by Crippen LogP contribution is 2.24. The number of amides is 1. The zero-order valence-corrected chi connectivity index (χ0v) is 15.8. The van der Waals surface area contributed by atoms with Crippen LogP contribution in [0, 0.1) is 0 Å². The number of thioether (sulfide) groups is 1. The van der Waals surface area contributed by atoms with Gasteiger partial charge in [0.15, 0.2) is 5.82 Å². The Kier molecular flexibility index (Phi) is 5.63. The molecule has 1 N–H and O–H groups in total. The largest absolute Gasteiger partial charge is 0.411 e. The maximum atomic E-state index is 11.8. The first-order valence-corrected chi connectivity index (χ1v) is 9.87. The van der Waals surface area contributed by atoms with E-state index < -0.39 is 0 Å². The summed E-state index contributed by atoms with van der Waals surface area (Å²) < 4.78 is 10.7. The number of carbonyl (C=O) groups is 1. The molecular weight excluding hydrogens is 404 g/mol. The lowest BCUT2D eigenvalue weighted by Gasteiger charge is -1.97. The number of rotatable bonds is 8. The Morgan fingerprint density at radius 1 is 1.29 bits per heavy atom. The van der Waals surface area contributed by atoms with Gasteiger partial charge < -0.3 is 14.3 Å². The molecule has 0 fully saturated rings. The summed E-state index contributed by atoms with van der Waals surface area (Å²) in [4.78, 5) is 20.1. The summed E-state index contributed by atoms with van der Waals surface area (Å²) in [5.74, 6) is 1.45. The second-order valence-corrected chi connectivity index (χ2v) is 7.06. The van der Waals surface area contributed by atoms with Crippen molar-refractivity contribution in [1.82, 2.24) is 35.5 Å². The van der Waals surface area contributed by atoms with Gasteiger partial charge in [-0.25, -0.2) is 0 Å². The van der Waals surface area contributed by atoms with E-state index >= 15 is 0 Å². The first-order chi connectivity index (χ1) is 13.8. The van der Waals surface area contributed by atoms with Gasteiger partial charge in [-0.3, -0.25) is 9.78 Å². The third-order valence-electron chi connectivity index (χ3n) is 3.32. The zero-order valence-electron chi connectivity index (χ0n) is 14.2. The average molecular weight is 416 g/mol. The number of anilines is 1. The van der Waals surface area contributed by atoms with Gasteiger partial charge in [-0.2, -0.15) is 4.98 Å². The molecule has 4 aromatic heterocycles. The number of nitrogens with zero attached hydrogens (tertiary/aromatic N) is 7. The average Bonchev–Trinajstić information content (AvgIpc) is 3.47. The highest BCUT2D eigenvalue weighted by atomic mass is 32.2. The molecular formula is C15H12N8O3S2. The van der Waals surface area contributed by atoms with Crippen LogP contribution in [0.5, 0.6) is 0 Å². The van der Waals surface area contributed by atoms with Crippen LogP contribution < -0.4 is 5.32 Å². The number of nitrogens with one attached hydrogen (secondary N) is 1. The predicted molar refractivity (Wildman–Crippen MR) is 98.2 cm³/mol. The van der Waals surface area contributed by atoms with Gasteiger partial charge in [-0.1, -0.05) is 28.3 Å². The van der Waals surface area contributed by atoms with Gasteiger partial charge in [-0.15, -0.1) is 20.4 Å². The molecule has 0 bridgehead atoms. The molecule has 0 aromatic carbocycles. The molecule has 0 aliphatic carbocycles. The van der Waals surface area contributed by atoms with Gasteiger partial charge in [0.1, 0.15) is 5.51 Å². The maximum Gasteiger partial charge on any atom is 0.277 e. The second kappa shape index (κ2) is 8.67.